The number of carbonyl (C=O) groups is 1. The molecule has 1 aliphatic heterocycles. The van der Waals surface area contributed by atoms with E-state index < -0.39 is 0 Å². The highest BCUT2D eigenvalue weighted by molar-refractivity contribution is 6.31. The number of ether oxygens (including phenoxy) is 1. The van der Waals surface area contributed by atoms with Gasteiger partial charge in [0, 0.05) is 11.4 Å². The summed E-state index contributed by atoms with van der Waals surface area (Å²) < 4.78 is 5.16. The molecule has 1 aliphatic rings. The molecule has 1 aromatic rings. The molecule has 0 radical (unpaired) electrons. The van der Waals surface area contributed by atoms with Crippen molar-refractivity contribution in [3.63, 3.8) is 0 Å². The highest BCUT2D eigenvalue weighted by atomic mass is 35.5. The van der Waals surface area contributed by atoms with Gasteiger partial charge in [-0.3, -0.25) is 4.79 Å². The first-order chi connectivity index (χ1) is 6.66. The summed E-state index contributed by atoms with van der Waals surface area (Å²) in [4.78, 5) is 10.9. The highest BCUT2D eigenvalue weighted by Crippen LogP contribution is 2.31. The van der Waals surface area contributed by atoms with Crippen LogP contribution >= 0.6 is 11.6 Å². The van der Waals surface area contributed by atoms with E-state index in [0.29, 0.717) is 6.42 Å². The predicted molar refractivity (Wildman–Crippen MR) is 54.3 cm³/mol. The molecular weight excluding hydrogens is 200 g/mol. The summed E-state index contributed by atoms with van der Waals surface area (Å²) in [6.45, 7) is 1.95. The summed E-state index contributed by atoms with van der Waals surface area (Å²) in [5, 5.41) is 0.748. The molecule has 0 unspecified atom stereocenters. The van der Waals surface area contributed by atoms with Crippen molar-refractivity contribution in [2.45, 2.75) is 25.9 Å². The third-order valence-electron chi connectivity index (χ3n) is 2.44. The standard InChI is InChI=1S/C11H11ClO2/c1-7-6-8(2-3-9(7)12)10-4-5-11(13)14-10/h2-3,6,10H,4-5H2,1H3/t10-/m0/s1. The summed E-state index contributed by atoms with van der Waals surface area (Å²) in [6.07, 6.45) is 1.23. The average molecular weight is 211 g/mol. The minimum Gasteiger partial charge on any atom is -0.457 e. The molecule has 2 rings (SSSR count). The van der Waals surface area contributed by atoms with E-state index in [1.165, 1.54) is 0 Å². The van der Waals surface area contributed by atoms with Crippen molar-refractivity contribution in [2.24, 2.45) is 0 Å². The number of hydrogen-bond acceptors (Lipinski definition) is 2. The van der Waals surface area contributed by atoms with E-state index in [4.69, 9.17) is 16.3 Å². The number of hydrogen-bond donors (Lipinski definition) is 0. The maximum atomic E-state index is 10.9. The SMILES string of the molecule is Cc1cc([C@@H]2CCC(=O)O2)ccc1Cl. The number of esters is 1. The molecule has 0 saturated carbocycles. The second kappa shape index (κ2) is 3.62. The largest absolute Gasteiger partial charge is 0.457 e. The molecule has 2 nitrogen and oxygen atoms in total. The van der Waals surface area contributed by atoms with E-state index in [1.54, 1.807) is 0 Å². The van der Waals surface area contributed by atoms with Crippen LogP contribution in [-0.4, -0.2) is 5.97 Å². The zero-order valence-corrected chi connectivity index (χ0v) is 8.67. The van der Waals surface area contributed by atoms with Gasteiger partial charge in [0.05, 0.1) is 0 Å². The minimum absolute atomic E-state index is 0.0709. The molecule has 0 N–H and O–H groups in total. The van der Waals surface area contributed by atoms with Crippen LogP contribution in [0.1, 0.15) is 30.1 Å². The van der Waals surface area contributed by atoms with Crippen LogP contribution in [0, 0.1) is 6.92 Å². The smallest absolute Gasteiger partial charge is 0.306 e. The molecule has 1 aromatic carbocycles. The van der Waals surface area contributed by atoms with Gasteiger partial charge >= 0.3 is 5.97 Å². The van der Waals surface area contributed by atoms with Gasteiger partial charge in [0.15, 0.2) is 0 Å². The second-order valence-corrected chi connectivity index (χ2v) is 3.93. The molecule has 0 spiro atoms. The van der Waals surface area contributed by atoms with Crippen molar-refractivity contribution >= 4 is 17.6 Å². The fraction of sp³-hybridized carbons (Fsp3) is 0.364. The summed E-state index contributed by atoms with van der Waals surface area (Å²) in [7, 11) is 0. The predicted octanol–water partition coefficient (Wildman–Crippen LogP) is 3.03. The Kier molecular flexibility index (Phi) is 2.46. The van der Waals surface area contributed by atoms with Crippen molar-refractivity contribution < 1.29 is 9.53 Å². The zero-order valence-electron chi connectivity index (χ0n) is 7.92. The topological polar surface area (TPSA) is 26.3 Å². The third kappa shape index (κ3) is 1.75. The number of carbonyl (C=O) groups excluding carboxylic acids is 1. The van der Waals surface area contributed by atoms with Crippen molar-refractivity contribution in [1.29, 1.82) is 0 Å². The molecule has 74 valence electrons. The van der Waals surface area contributed by atoms with Crippen molar-refractivity contribution in [1.82, 2.24) is 0 Å². The lowest BCUT2D eigenvalue weighted by Gasteiger charge is -2.10. The molecule has 3 heteroatoms. The van der Waals surface area contributed by atoms with Gasteiger partial charge in [0.25, 0.3) is 0 Å². The summed E-state index contributed by atoms with van der Waals surface area (Å²) in [6, 6.07) is 5.74. The number of halogens is 1. The molecular formula is C11H11ClO2. The molecule has 0 aliphatic carbocycles. The Labute approximate surface area is 87.8 Å². The number of rotatable bonds is 1. The van der Waals surface area contributed by atoms with Crippen LogP contribution in [0.4, 0.5) is 0 Å². The first-order valence-corrected chi connectivity index (χ1v) is 5.00. The molecule has 1 saturated heterocycles. The number of benzene rings is 1. The van der Waals surface area contributed by atoms with E-state index >= 15 is 0 Å². The number of cyclic esters (lactones) is 1. The molecule has 0 amide bonds. The van der Waals surface area contributed by atoms with E-state index in [2.05, 4.69) is 0 Å². The van der Waals surface area contributed by atoms with Crippen LogP contribution in [0.2, 0.25) is 5.02 Å². The highest BCUT2D eigenvalue weighted by Gasteiger charge is 2.24. The molecule has 0 aromatic heterocycles. The van der Waals surface area contributed by atoms with E-state index in [1.807, 2.05) is 25.1 Å². The molecule has 1 heterocycles. The van der Waals surface area contributed by atoms with Crippen LogP contribution in [0.15, 0.2) is 18.2 Å². The van der Waals surface area contributed by atoms with Gasteiger partial charge in [-0.2, -0.15) is 0 Å². The monoisotopic (exact) mass is 210 g/mol. The lowest BCUT2D eigenvalue weighted by atomic mass is 10.0. The quantitative estimate of drug-likeness (QED) is 0.666. The Morgan fingerprint density at radius 2 is 2.29 bits per heavy atom. The van der Waals surface area contributed by atoms with Crippen LogP contribution in [0.3, 0.4) is 0 Å². The van der Waals surface area contributed by atoms with Gasteiger partial charge in [0.1, 0.15) is 6.10 Å². The van der Waals surface area contributed by atoms with Gasteiger partial charge in [-0.25, -0.2) is 0 Å². The normalized spacial score (nSPS) is 21.0. The zero-order chi connectivity index (χ0) is 10.1. The van der Waals surface area contributed by atoms with E-state index in [-0.39, 0.29) is 12.1 Å². The van der Waals surface area contributed by atoms with Crippen LogP contribution in [0.25, 0.3) is 0 Å². The lowest BCUT2D eigenvalue weighted by molar-refractivity contribution is -0.141. The van der Waals surface area contributed by atoms with Gasteiger partial charge in [-0.15, -0.1) is 0 Å². The Hall–Kier alpha value is -1.02. The fourth-order valence-corrected chi connectivity index (χ4v) is 1.75. The lowest BCUT2D eigenvalue weighted by Crippen LogP contribution is -1.98. The van der Waals surface area contributed by atoms with Gasteiger partial charge in [0.2, 0.25) is 0 Å². The maximum absolute atomic E-state index is 10.9. The molecule has 1 atom stereocenters. The maximum Gasteiger partial charge on any atom is 0.306 e. The van der Waals surface area contributed by atoms with Crippen LogP contribution < -0.4 is 0 Å². The Bertz CT molecular complexity index is 374. The first-order valence-electron chi connectivity index (χ1n) is 4.62. The number of aryl methyl sites for hydroxylation is 1. The van der Waals surface area contributed by atoms with Crippen molar-refractivity contribution in [2.75, 3.05) is 0 Å². The minimum atomic E-state index is -0.109. The Balaban J connectivity index is 2.24. The second-order valence-electron chi connectivity index (χ2n) is 3.53. The van der Waals surface area contributed by atoms with Gasteiger partial charge < -0.3 is 4.74 Å². The van der Waals surface area contributed by atoms with Crippen molar-refractivity contribution in [3.05, 3.63) is 34.3 Å². The molecule has 14 heavy (non-hydrogen) atoms. The summed E-state index contributed by atoms with van der Waals surface area (Å²) in [5.41, 5.74) is 2.06. The Morgan fingerprint density at radius 3 is 2.86 bits per heavy atom. The fourth-order valence-electron chi connectivity index (χ4n) is 1.63. The van der Waals surface area contributed by atoms with Gasteiger partial charge in [-0.05, 0) is 30.5 Å². The first kappa shape index (κ1) is 9.53. The van der Waals surface area contributed by atoms with Crippen LogP contribution in [0.5, 0.6) is 0 Å². The van der Waals surface area contributed by atoms with Crippen molar-refractivity contribution in [3.8, 4) is 0 Å². The molecule has 1 fully saturated rings. The summed E-state index contributed by atoms with van der Waals surface area (Å²) in [5.74, 6) is -0.109. The Morgan fingerprint density at radius 1 is 1.50 bits per heavy atom. The third-order valence-corrected chi connectivity index (χ3v) is 2.86. The molecule has 0 bridgehead atoms. The average Bonchev–Trinajstić information content (AvgIpc) is 2.57. The van der Waals surface area contributed by atoms with Crippen LogP contribution in [-0.2, 0) is 9.53 Å². The van der Waals surface area contributed by atoms with E-state index in [0.717, 1.165) is 22.6 Å². The van der Waals surface area contributed by atoms with E-state index in [9.17, 15) is 4.79 Å². The van der Waals surface area contributed by atoms with Gasteiger partial charge in [-0.1, -0.05) is 23.7 Å². The summed E-state index contributed by atoms with van der Waals surface area (Å²) >= 11 is 5.91.